The maximum absolute atomic E-state index is 12.3. The second-order valence-corrected chi connectivity index (χ2v) is 4.77. The van der Waals surface area contributed by atoms with Gasteiger partial charge in [0.15, 0.2) is 0 Å². The molecule has 0 saturated heterocycles. The van der Waals surface area contributed by atoms with Crippen molar-refractivity contribution in [2.45, 2.75) is 18.4 Å². The van der Waals surface area contributed by atoms with Crippen LogP contribution >= 0.6 is 0 Å². The fourth-order valence-corrected chi connectivity index (χ4v) is 2.16. The molecule has 0 bridgehead atoms. The van der Waals surface area contributed by atoms with Crippen LogP contribution in [0.4, 0.5) is 4.79 Å². The Morgan fingerprint density at radius 1 is 1.26 bits per heavy atom. The van der Waals surface area contributed by atoms with Crippen LogP contribution in [0.25, 0.3) is 6.08 Å². The van der Waals surface area contributed by atoms with Crippen LogP contribution in [0.15, 0.2) is 30.5 Å². The molecule has 8 nitrogen and oxygen atoms in total. The van der Waals surface area contributed by atoms with Crippen molar-refractivity contribution in [2.24, 2.45) is 5.73 Å². The first-order valence-electron chi connectivity index (χ1n) is 6.91. The summed E-state index contributed by atoms with van der Waals surface area (Å²) in [6.07, 6.45) is 3.86. The largest absolute Gasteiger partial charge is 0.396 e. The molecule has 0 radical (unpaired) electrons. The summed E-state index contributed by atoms with van der Waals surface area (Å²) >= 11 is 0. The van der Waals surface area contributed by atoms with Gasteiger partial charge in [-0.05, 0) is 18.2 Å². The Hall–Kier alpha value is -2.58. The number of nitrogens with two attached hydrogens (primary N) is 1. The first-order valence-corrected chi connectivity index (χ1v) is 6.91. The number of carbonyl (C=O) groups is 3. The summed E-state index contributed by atoms with van der Waals surface area (Å²) in [6.45, 7) is -0.917. The predicted octanol–water partition coefficient (Wildman–Crippen LogP) is -0.295. The standard InChI is InChI=1S/C15H19N3O5/c16-14(23)18(15(11-21,6-9-19)7-10-20)13(22)5-4-12-3-1-2-8-17-12/h1-5,8,11,19-20H,6-7,9-10H2,(H2,16,23). The summed E-state index contributed by atoms with van der Waals surface area (Å²) in [5, 5.41) is 18.2. The summed E-state index contributed by atoms with van der Waals surface area (Å²) in [7, 11) is 0. The molecule has 1 aromatic rings. The maximum atomic E-state index is 12.3. The maximum Gasteiger partial charge on any atom is 0.322 e. The lowest BCUT2D eigenvalue weighted by Gasteiger charge is -2.36. The highest BCUT2D eigenvalue weighted by Crippen LogP contribution is 2.22. The minimum atomic E-state index is -1.69. The minimum Gasteiger partial charge on any atom is -0.396 e. The van der Waals surface area contributed by atoms with Gasteiger partial charge in [0.25, 0.3) is 5.91 Å². The number of hydrogen-bond donors (Lipinski definition) is 3. The van der Waals surface area contributed by atoms with Crippen LogP contribution < -0.4 is 5.73 Å². The van der Waals surface area contributed by atoms with E-state index in [0.29, 0.717) is 16.9 Å². The molecule has 1 rings (SSSR count). The van der Waals surface area contributed by atoms with E-state index in [2.05, 4.69) is 4.98 Å². The third-order valence-electron chi connectivity index (χ3n) is 3.28. The van der Waals surface area contributed by atoms with E-state index in [0.717, 1.165) is 6.08 Å². The zero-order valence-corrected chi connectivity index (χ0v) is 12.5. The van der Waals surface area contributed by atoms with Gasteiger partial charge in [-0.25, -0.2) is 9.69 Å². The normalized spacial score (nSPS) is 11.4. The molecule has 1 heterocycles. The van der Waals surface area contributed by atoms with E-state index in [1.54, 1.807) is 18.2 Å². The molecule has 4 N–H and O–H groups in total. The molecule has 0 spiro atoms. The second kappa shape index (κ2) is 8.76. The van der Waals surface area contributed by atoms with E-state index in [1.807, 2.05) is 0 Å². The third kappa shape index (κ3) is 4.70. The number of pyridine rings is 1. The molecule has 0 aliphatic carbocycles. The number of aliphatic hydroxyl groups is 2. The van der Waals surface area contributed by atoms with E-state index in [9.17, 15) is 14.4 Å². The topological polar surface area (TPSA) is 134 Å². The number of urea groups is 1. The summed E-state index contributed by atoms with van der Waals surface area (Å²) in [5.41, 5.74) is 4.01. The zero-order valence-electron chi connectivity index (χ0n) is 12.5. The Morgan fingerprint density at radius 3 is 2.35 bits per heavy atom. The molecule has 8 heteroatoms. The number of primary amides is 1. The van der Waals surface area contributed by atoms with Crippen LogP contribution in [0.1, 0.15) is 18.5 Å². The van der Waals surface area contributed by atoms with Crippen molar-refractivity contribution in [3.05, 3.63) is 36.2 Å². The van der Waals surface area contributed by atoms with Crippen LogP contribution in [0, 0.1) is 0 Å². The molecule has 1 aromatic heterocycles. The van der Waals surface area contributed by atoms with E-state index < -0.39 is 30.7 Å². The Morgan fingerprint density at radius 2 is 1.91 bits per heavy atom. The van der Waals surface area contributed by atoms with Gasteiger partial charge in [-0.3, -0.25) is 9.78 Å². The number of aliphatic hydroxyl groups excluding tert-OH is 2. The van der Waals surface area contributed by atoms with Gasteiger partial charge in [-0.2, -0.15) is 0 Å². The number of aromatic nitrogens is 1. The van der Waals surface area contributed by atoms with Crippen molar-refractivity contribution in [3.63, 3.8) is 0 Å². The zero-order chi connectivity index (χ0) is 17.3. The number of nitrogens with zero attached hydrogens (tertiary/aromatic N) is 2. The lowest BCUT2D eigenvalue weighted by atomic mass is 9.91. The van der Waals surface area contributed by atoms with Crippen LogP contribution in [-0.4, -0.2) is 57.1 Å². The van der Waals surface area contributed by atoms with Crippen molar-refractivity contribution in [3.8, 4) is 0 Å². The van der Waals surface area contributed by atoms with Crippen LogP contribution in [-0.2, 0) is 9.59 Å². The average Bonchev–Trinajstić information content (AvgIpc) is 2.54. The quantitative estimate of drug-likeness (QED) is 0.445. The van der Waals surface area contributed by atoms with Gasteiger partial charge in [0, 0.05) is 38.3 Å². The highest BCUT2D eigenvalue weighted by atomic mass is 16.3. The molecule has 0 unspecified atom stereocenters. The number of carbonyl (C=O) groups excluding carboxylic acids is 3. The third-order valence-corrected chi connectivity index (χ3v) is 3.28. The highest BCUT2D eigenvalue weighted by Gasteiger charge is 2.41. The van der Waals surface area contributed by atoms with E-state index >= 15 is 0 Å². The van der Waals surface area contributed by atoms with E-state index in [-0.39, 0.29) is 12.8 Å². The lowest BCUT2D eigenvalue weighted by molar-refractivity contribution is -0.135. The van der Waals surface area contributed by atoms with Crippen molar-refractivity contribution < 1.29 is 24.6 Å². The van der Waals surface area contributed by atoms with Crippen molar-refractivity contribution in [2.75, 3.05) is 13.2 Å². The molecule has 0 aromatic carbocycles. The highest BCUT2D eigenvalue weighted by molar-refractivity contribution is 6.04. The van der Waals surface area contributed by atoms with E-state index in [4.69, 9.17) is 15.9 Å². The van der Waals surface area contributed by atoms with Gasteiger partial charge < -0.3 is 20.7 Å². The van der Waals surface area contributed by atoms with Gasteiger partial charge in [0.05, 0.1) is 5.69 Å². The molecule has 3 amide bonds. The number of amides is 3. The van der Waals surface area contributed by atoms with Gasteiger partial charge in [0.1, 0.15) is 11.8 Å². The fourth-order valence-electron chi connectivity index (χ4n) is 2.16. The lowest BCUT2D eigenvalue weighted by Crippen LogP contribution is -2.58. The predicted molar refractivity (Wildman–Crippen MR) is 81.9 cm³/mol. The summed E-state index contributed by atoms with van der Waals surface area (Å²) in [6, 6.07) is 3.92. The summed E-state index contributed by atoms with van der Waals surface area (Å²) in [5.74, 6) is -0.836. The smallest absolute Gasteiger partial charge is 0.322 e. The number of rotatable bonds is 8. The number of hydrogen-bond acceptors (Lipinski definition) is 6. The van der Waals surface area contributed by atoms with Gasteiger partial charge in [0.2, 0.25) is 0 Å². The summed E-state index contributed by atoms with van der Waals surface area (Å²) < 4.78 is 0. The fraction of sp³-hybridized carbons (Fsp3) is 0.333. The molecular weight excluding hydrogens is 302 g/mol. The Labute approximate surface area is 133 Å². The number of imide groups is 1. The van der Waals surface area contributed by atoms with Crippen LogP contribution in [0.5, 0.6) is 0 Å². The van der Waals surface area contributed by atoms with Crippen molar-refractivity contribution in [1.29, 1.82) is 0 Å². The van der Waals surface area contributed by atoms with Crippen molar-refractivity contribution >= 4 is 24.3 Å². The Kier molecular flexibility index (Phi) is 7.04. The molecule has 0 saturated carbocycles. The molecule has 0 fully saturated rings. The first-order chi connectivity index (χ1) is 11.0. The molecule has 124 valence electrons. The van der Waals surface area contributed by atoms with E-state index in [1.165, 1.54) is 12.3 Å². The first kappa shape index (κ1) is 18.5. The van der Waals surface area contributed by atoms with Crippen molar-refractivity contribution in [1.82, 2.24) is 9.88 Å². The molecule has 23 heavy (non-hydrogen) atoms. The Balaban J connectivity index is 3.12. The minimum absolute atomic E-state index is 0.219. The second-order valence-electron chi connectivity index (χ2n) is 4.77. The van der Waals surface area contributed by atoms with Gasteiger partial charge in [-0.15, -0.1) is 0 Å². The van der Waals surface area contributed by atoms with Crippen LogP contribution in [0.3, 0.4) is 0 Å². The molecule has 0 atom stereocenters. The number of aldehydes is 1. The average molecular weight is 321 g/mol. The SMILES string of the molecule is NC(=O)N(C(=O)C=Cc1ccccn1)C(C=O)(CCO)CCO. The molecule has 0 aliphatic heterocycles. The molecular formula is C15H19N3O5. The molecule has 0 aliphatic rings. The monoisotopic (exact) mass is 321 g/mol. The van der Waals surface area contributed by atoms with Gasteiger partial charge in [-0.1, -0.05) is 6.07 Å². The van der Waals surface area contributed by atoms with Crippen LogP contribution in [0.2, 0.25) is 0 Å². The Bertz CT molecular complexity index is 568. The van der Waals surface area contributed by atoms with Gasteiger partial charge >= 0.3 is 6.03 Å². The summed E-state index contributed by atoms with van der Waals surface area (Å²) in [4.78, 5) is 40.0.